The summed E-state index contributed by atoms with van der Waals surface area (Å²) in [6, 6.07) is 8.11. The van der Waals surface area contributed by atoms with Gasteiger partial charge in [0.25, 0.3) is 0 Å². The summed E-state index contributed by atoms with van der Waals surface area (Å²) < 4.78 is 9.20. The lowest BCUT2D eigenvalue weighted by Crippen LogP contribution is -2.37. The van der Waals surface area contributed by atoms with Crippen LogP contribution in [0.5, 0.6) is 5.75 Å². The van der Waals surface area contributed by atoms with Gasteiger partial charge in [-0.1, -0.05) is 19.3 Å². The molecule has 3 aromatic rings. The van der Waals surface area contributed by atoms with Crippen LogP contribution in [0, 0.1) is 5.41 Å². The molecule has 4 rings (SSSR count). The third-order valence-electron chi connectivity index (χ3n) is 5.99. The van der Waals surface area contributed by atoms with E-state index in [1.54, 1.807) is 18.1 Å². The third kappa shape index (κ3) is 4.58. The minimum atomic E-state index is -0.0472. The van der Waals surface area contributed by atoms with Crippen LogP contribution < -0.4 is 10.1 Å². The second kappa shape index (κ2) is 8.63. The molecule has 0 atom stereocenters. The Kier molecular flexibility index (Phi) is 5.78. The maximum absolute atomic E-state index is 12.7. The average Bonchev–Trinajstić information content (AvgIpc) is 3.38. The number of aromatic nitrogens is 5. The largest absolute Gasteiger partial charge is 0.497 e. The van der Waals surface area contributed by atoms with Gasteiger partial charge in [-0.2, -0.15) is 0 Å². The molecule has 1 N–H and O–H groups in total. The molecule has 0 radical (unpaired) electrons. The molecule has 1 aromatic carbocycles. The molecular formula is C21H28N6O2. The van der Waals surface area contributed by atoms with Gasteiger partial charge in [0.15, 0.2) is 0 Å². The summed E-state index contributed by atoms with van der Waals surface area (Å²) in [5, 5.41) is 15.7. The first-order valence-corrected chi connectivity index (χ1v) is 10.3. The second-order valence-electron chi connectivity index (χ2n) is 8.03. The van der Waals surface area contributed by atoms with Crippen molar-refractivity contribution in [3.05, 3.63) is 36.8 Å². The van der Waals surface area contributed by atoms with E-state index in [1.165, 1.54) is 6.42 Å². The zero-order valence-electron chi connectivity index (χ0n) is 16.9. The minimum absolute atomic E-state index is 0.0472. The van der Waals surface area contributed by atoms with Crippen molar-refractivity contribution in [3.63, 3.8) is 0 Å². The Bertz CT molecular complexity index is 943. The smallest absolute Gasteiger partial charge is 0.220 e. The SMILES string of the molecule is COc1ccc2c(ccn2CCNC(=O)CC2(Cn3cnnn3)CCCCC2)c1. The van der Waals surface area contributed by atoms with Gasteiger partial charge in [-0.25, -0.2) is 4.68 Å². The Labute approximate surface area is 170 Å². The number of benzene rings is 1. The molecule has 1 fully saturated rings. The van der Waals surface area contributed by atoms with E-state index in [2.05, 4.69) is 43.7 Å². The van der Waals surface area contributed by atoms with Crippen LogP contribution in [0.15, 0.2) is 36.8 Å². The summed E-state index contributed by atoms with van der Waals surface area (Å²) >= 11 is 0. The topological polar surface area (TPSA) is 86.9 Å². The van der Waals surface area contributed by atoms with Crippen molar-refractivity contribution in [3.8, 4) is 5.75 Å². The molecule has 1 aliphatic rings. The molecule has 1 aliphatic carbocycles. The Balaban J connectivity index is 1.34. The standard InChI is InChI=1S/C21H28N6O2/c1-29-18-5-6-19-17(13-18)7-11-26(19)12-10-22-20(28)14-21(8-3-2-4-9-21)15-27-16-23-24-25-27/h5-7,11,13,16H,2-4,8-10,12,14-15H2,1H3,(H,22,28). The zero-order valence-corrected chi connectivity index (χ0v) is 16.9. The molecular weight excluding hydrogens is 368 g/mol. The normalized spacial score (nSPS) is 16.0. The van der Waals surface area contributed by atoms with Gasteiger partial charge in [0.05, 0.1) is 13.7 Å². The average molecular weight is 396 g/mol. The molecule has 2 heterocycles. The predicted octanol–water partition coefficient (Wildman–Crippen LogP) is 2.79. The monoisotopic (exact) mass is 396 g/mol. The number of fused-ring (bicyclic) bond motifs is 1. The highest BCUT2D eigenvalue weighted by atomic mass is 16.5. The molecule has 1 amide bonds. The number of carbonyl (C=O) groups excluding carboxylic acids is 1. The second-order valence-corrected chi connectivity index (χ2v) is 8.03. The van der Waals surface area contributed by atoms with Crippen molar-refractivity contribution >= 4 is 16.8 Å². The molecule has 0 saturated heterocycles. The number of methoxy groups -OCH3 is 1. The summed E-state index contributed by atoms with van der Waals surface area (Å²) in [6.07, 6.45) is 9.87. The maximum atomic E-state index is 12.7. The molecule has 29 heavy (non-hydrogen) atoms. The molecule has 0 bridgehead atoms. The van der Waals surface area contributed by atoms with Crippen LogP contribution in [-0.4, -0.2) is 44.3 Å². The fraction of sp³-hybridized carbons (Fsp3) is 0.524. The van der Waals surface area contributed by atoms with Crippen molar-refractivity contribution < 1.29 is 9.53 Å². The van der Waals surface area contributed by atoms with Gasteiger partial charge in [0.1, 0.15) is 12.1 Å². The van der Waals surface area contributed by atoms with Crippen LogP contribution in [0.25, 0.3) is 10.9 Å². The van der Waals surface area contributed by atoms with Crippen LogP contribution in [0.1, 0.15) is 38.5 Å². The van der Waals surface area contributed by atoms with Gasteiger partial charge in [-0.15, -0.1) is 5.10 Å². The van der Waals surface area contributed by atoms with Crippen LogP contribution in [0.3, 0.4) is 0 Å². The van der Waals surface area contributed by atoms with E-state index in [-0.39, 0.29) is 11.3 Å². The van der Waals surface area contributed by atoms with E-state index in [4.69, 9.17) is 4.74 Å². The van der Waals surface area contributed by atoms with Crippen LogP contribution in [0.2, 0.25) is 0 Å². The number of hydrogen-bond acceptors (Lipinski definition) is 5. The zero-order chi connectivity index (χ0) is 20.1. The molecule has 1 saturated carbocycles. The van der Waals surface area contributed by atoms with Crippen molar-refractivity contribution in [2.24, 2.45) is 5.41 Å². The first kappa shape index (κ1) is 19.4. The summed E-state index contributed by atoms with van der Waals surface area (Å²) in [5.74, 6) is 0.960. The lowest BCUT2D eigenvalue weighted by molar-refractivity contribution is -0.124. The molecule has 0 spiro atoms. The van der Waals surface area contributed by atoms with Crippen molar-refractivity contribution in [2.45, 2.75) is 51.6 Å². The van der Waals surface area contributed by atoms with Gasteiger partial charge >= 0.3 is 0 Å². The van der Waals surface area contributed by atoms with Gasteiger partial charge < -0.3 is 14.6 Å². The Morgan fingerprint density at radius 1 is 1.24 bits per heavy atom. The van der Waals surface area contributed by atoms with E-state index in [0.29, 0.717) is 19.5 Å². The quantitative estimate of drug-likeness (QED) is 0.633. The predicted molar refractivity (Wildman–Crippen MR) is 109 cm³/mol. The van der Waals surface area contributed by atoms with E-state index in [9.17, 15) is 4.79 Å². The molecule has 0 aliphatic heterocycles. The minimum Gasteiger partial charge on any atom is -0.497 e. The van der Waals surface area contributed by atoms with Gasteiger partial charge in [-0.05, 0) is 52.9 Å². The molecule has 154 valence electrons. The van der Waals surface area contributed by atoms with Crippen molar-refractivity contribution in [1.82, 2.24) is 30.1 Å². The number of carbonyl (C=O) groups is 1. The number of nitrogens with zero attached hydrogens (tertiary/aromatic N) is 5. The highest BCUT2D eigenvalue weighted by Crippen LogP contribution is 2.40. The van der Waals surface area contributed by atoms with Gasteiger partial charge in [-0.3, -0.25) is 4.79 Å². The van der Waals surface area contributed by atoms with Gasteiger partial charge in [0.2, 0.25) is 5.91 Å². The Hall–Kier alpha value is -2.90. The third-order valence-corrected chi connectivity index (χ3v) is 5.99. The summed E-state index contributed by atoms with van der Waals surface area (Å²) in [4.78, 5) is 12.7. The highest BCUT2D eigenvalue weighted by Gasteiger charge is 2.35. The van der Waals surface area contributed by atoms with Crippen LogP contribution >= 0.6 is 0 Å². The molecule has 8 nitrogen and oxygen atoms in total. The van der Waals surface area contributed by atoms with Crippen molar-refractivity contribution in [1.29, 1.82) is 0 Å². The molecule has 8 heteroatoms. The van der Waals surface area contributed by atoms with E-state index >= 15 is 0 Å². The maximum Gasteiger partial charge on any atom is 0.220 e. The van der Waals surface area contributed by atoms with E-state index in [0.717, 1.165) is 48.9 Å². The molecule has 2 aromatic heterocycles. The number of nitrogens with one attached hydrogen (secondary N) is 1. The number of ether oxygens (including phenoxy) is 1. The fourth-order valence-corrected chi connectivity index (χ4v) is 4.51. The lowest BCUT2D eigenvalue weighted by Gasteiger charge is -2.36. The fourth-order valence-electron chi connectivity index (χ4n) is 4.51. The summed E-state index contributed by atoms with van der Waals surface area (Å²) in [6.45, 7) is 2.05. The number of rotatable bonds is 8. The Morgan fingerprint density at radius 3 is 2.86 bits per heavy atom. The van der Waals surface area contributed by atoms with Crippen LogP contribution in [-0.2, 0) is 17.9 Å². The van der Waals surface area contributed by atoms with Crippen molar-refractivity contribution in [2.75, 3.05) is 13.7 Å². The van der Waals surface area contributed by atoms with Gasteiger partial charge in [0, 0.05) is 36.6 Å². The van der Waals surface area contributed by atoms with Crippen LogP contribution in [0.4, 0.5) is 0 Å². The summed E-state index contributed by atoms with van der Waals surface area (Å²) in [5.41, 5.74) is 1.09. The first-order chi connectivity index (χ1) is 14.2. The number of hydrogen-bond donors (Lipinski definition) is 1. The highest BCUT2D eigenvalue weighted by molar-refractivity contribution is 5.81. The first-order valence-electron chi connectivity index (χ1n) is 10.3. The lowest BCUT2D eigenvalue weighted by atomic mass is 9.71. The van der Waals surface area contributed by atoms with E-state index < -0.39 is 0 Å². The summed E-state index contributed by atoms with van der Waals surface area (Å²) in [7, 11) is 1.67. The molecule has 0 unspecified atom stereocenters. The number of amides is 1. The number of tetrazole rings is 1. The Morgan fingerprint density at radius 2 is 2.10 bits per heavy atom. The van der Waals surface area contributed by atoms with E-state index in [1.807, 2.05) is 12.1 Å².